The van der Waals surface area contributed by atoms with Crippen LogP contribution in [0.5, 0.6) is 0 Å². The molecule has 1 unspecified atom stereocenters. The Kier molecular flexibility index (Phi) is 4.51. The number of carbonyl (C=O) groups is 2. The third-order valence-electron chi connectivity index (χ3n) is 3.03. The number of hydrogen-bond donors (Lipinski definition) is 2. The summed E-state index contributed by atoms with van der Waals surface area (Å²) in [7, 11) is 2.05. The molecular weight excluding hydrogens is 220 g/mol. The highest BCUT2D eigenvalue weighted by molar-refractivity contribution is 5.78. The summed E-state index contributed by atoms with van der Waals surface area (Å²) in [5.41, 5.74) is -0.673. The zero-order chi connectivity index (χ0) is 13.1. The van der Waals surface area contributed by atoms with E-state index in [1.807, 2.05) is 7.05 Å². The Morgan fingerprint density at radius 2 is 2.12 bits per heavy atom. The molecule has 1 aliphatic rings. The van der Waals surface area contributed by atoms with Gasteiger partial charge in [0.2, 0.25) is 5.91 Å². The predicted octanol–water partition coefficient (Wildman–Crippen LogP) is 0.698. The van der Waals surface area contributed by atoms with Crippen molar-refractivity contribution in [2.45, 2.75) is 38.6 Å². The minimum atomic E-state index is -0.893. The van der Waals surface area contributed by atoms with E-state index in [1.165, 1.54) is 0 Å². The van der Waals surface area contributed by atoms with Gasteiger partial charge in [0.25, 0.3) is 0 Å². The fourth-order valence-corrected chi connectivity index (χ4v) is 2.31. The largest absolute Gasteiger partial charge is 0.481 e. The van der Waals surface area contributed by atoms with Gasteiger partial charge in [0.05, 0.1) is 6.42 Å². The van der Waals surface area contributed by atoms with E-state index in [9.17, 15) is 9.59 Å². The summed E-state index contributed by atoms with van der Waals surface area (Å²) < 4.78 is 0. The summed E-state index contributed by atoms with van der Waals surface area (Å²) in [4.78, 5) is 24.6. The number of nitrogens with one attached hydrogen (secondary N) is 1. The van der Waals surface area contributed by atoms with Crippen molar-refractivity contribution in [3.8, 4) is 0 Å². The lowest BCUT2D eigenvalue weighted by atomic mass is 9.98. The van der Waals surface area contributed by atoms with E-state index in [4.69, 9.17) is 5.11 Å². The zero-order valence-corrected chi connectivity index (χ0v) is 10.8. The Balaban J connectivity index is 2.36. The van der Waals surface area contributed by atoms with Crippen LogP contribution in [0.2, 0.25) is 0 Å². The third kappa shape index (κ3) is 5.17. The number of amides is 1. The average Bonchev–Trinajstić information content (AvgIpc) is 2.46. The van der Waals surface area contributed by atoms with Crippen LogP contribution in [0.4, 0.5) is 0 Å². The smallest absolute Gasteiger partial charge is 0.305 e. The van der Waals surface area contributed by atoms with Gasteiger partial charge in [0, 0.05) is 18.5 Å². The minimum Gasteiger partial charge on any atom is -0.481 e. The maximum Gasteiger partial charge on any atom is 0.305 e. The van der Waals surface area contributed by atoms with Crippen LogP contribution in [0.1, 0.15) is 33.1 Å². The fourth-order valence-electron chi connectivity index (χ4n) is 2.31. The molecule has 1 heterocycles. The maximum absolute atomic E-state index is 11.8. The van der Waals surface area contributed by atoms with Crippen molar-refractivity contribution in [3.63, 3.8) is 0 Å². The van der Waals surface area contributed by atoms with Crippen LogP contribution in [0.25, 0.3) is 0 Å². The van der Waals surface area contributed by atoms with Gasteiger partial charge in [-0.05, 0) is 39.8 Å². The second kappa shape index (κ2) is 5.49. The standard InChI is InChI=1S/C12H22N2O3/c1-12(2,7-11(16)17)13-10(15)6-9-4-5-14(3)8-9/h9H,4-8H2,1-3H3,(H,13,15)(H,16,17). The summed E-state index contributed by atoms with van der Waals surface area (Å²) in [5.74, 6) is -0.534. The van der Waals surface area contributed by atoms with Crippen LogP contribution in [0.3, 0.4) is 0 Å². The molecule has 1 atom stereocenters. The minimum absolute atomic E-state index is 0.0449. The van der Waals surface area contributed by atoms with Crippen LogP contribution in [0.15, 0.2) is 0 Å². The van der Waals surface area contributed by atoms with Gasteiger partial charge in [-0.15, -0.1) is 0 Å². The van der Waals surface area contributed by atoms with Crippen molar-refractivity contribution in [2.24, 2.45) is 5.92 Å². The monoisotopic (exact) mass is 242 g/mol. The van der Waals surface area contributed by atoms with Crippen LogP contribution < -0.4 is 5.32 Å². The van der Waals surface area contributed by atoms with Crippen molar-refractivity contribution in [1.82, 2.24) is 10.2 Å². The van der Waals surface area contributed by atoms with Gasteiger partial charge in [0.1, 0.15) is 0 Å². The zero-order valence-electron chi connectivity index (χ0n) is 10.8. The van der Waals surface area contributed by atoms with Crippen LogP contribution >= 0.6 is 0 Å². The molecule has 0 aromatic rings. The maximum atomic E-state index is 11.8. The quantitative estimate of drug-likeness (QED) is 0.744. The summed E-state index contributed by atoms with van der Waals surface area (Å²) in [6.07, 6.45) is 1.49. The molecule has 0 spiro atoms. The molecule has 5 heteroatoms. The number of hydrogen-bond acceptors (Lipinski definition) is 3. The van der Waals surface area contributed by atoms with Crippen LogP contribution in [0, 0.1) is 5.92 Å². The second-order valence-corrected chi connectivity index (χ2v) is 5.62. The Morgan fingerprint density at radius 3 is 2.59 bits per heavy atom. The van der Waals surface area contributed by atoms with E-state index >= 15 is 0 Å². The second-order valence-electron chi connectivity index (χ2n) is 5.62. The van der Waals surface area contributed by atoms with Crippen molar-refractivity contribution in [1.29, 1.82) is 0 Å². The van der Waals surface area contributed by atoms with Crippen molar-refractivity contribution >= 4 is 11.9 Å². The molecule has 1 fully saturated rings. The highest BCUT2D eigenvalue weighted by Gasteiger charge is 2.27. The number of nitrogens with zero attached hydrogens (tertiary/aromatic N) is 1. The highest BCUT2D eigenvalue weighted by atomic mass is 16.4. The summed E-state index contributed by atoms with van der Waals surface area (Å²) in [5, 5.41) is 11.5. The Morgan fingerprint density at radius 1 is 1.47 bits per heavy atom. The summed E-state index contributed by atoms with van der Waals surface area (Å²) >= 11 is 0. The number of rotatable bonds is 5. The molecule has 0 radical (unpaired) electrons. The van der Waals surface area contributed by atoms with Gasteiger partial charge in [-0.25, -0.2) is 0 Å². The van der Waals surface area contributed by atoms with Gasteiger partial charge < -0.3 is 15.3 Å². The normalized spacial score (nSPS) is 21.5. The van der Waals surface area contributed by atoms with Crippen molar-refractivity contribution in [2.75, 3.05) is 20.1 Å². The lowest BCUT2D eigenvalue weighted by molar-refractivity contribution is -0.138. The van der Waals surface area contributed by atoms with E-state index in [-0.39, 0.29) is 12.3 Å². The van der Waals surface area contributed by atoms with E-state index in [1.54, 1.807) is 13.8 Å². The van der Waals surface area contributed by atoms with E-state index in [2.05, 4.69) is 10.2 Å². The molecule has 0 saturated carbocycles. The third-order valence-corrected chi connectivity index (χ3v) is 3.03. The number of carboxylic acids is 1. The molecular formula is C12H22N2O3. The van der Waals surface area contributed by atoms with E-state index in [0.29, 0.717) is 12.3 Å². The van der Waals surface area contributed by atoms with Gasteiger partial charge in [-0.3, -0.25) is 9.59 Å². The Hall–Kier alpha value is -1.10. The fraction of sp³-hybridized carbons (Fsp3) is 0.833. The molecule has 1 rings (SSSR count). The molecule has 0 aliphatic carbocycles. The van der Waals surface area contributed by atoms with Gasteiger partial charge in [-0.2, -0.15) is 0 Å². The SMILES string of the molecule is CN1CCC(CC(=O)NC(C)(C)CC(=O)O)C1. The first-order valence-corrected chi connectivity index (χ1v) is 6.00. The van der Waals surface area contributed by atoms with Crippen molar-refractivity contribution < 1.29 is 14.7 Å². The van der Waals surface area contributed by atoms with Gasteiger partial charge in [-0.1, -0.05) is 0 Å². The van der Waals surface area contributed by atoms with Gasteiger partial charge in [0.15, 0.2) is 0 Å². The number of aliphatic carboxylic acids is 1. The molecule has 5 nitrogen and oxygen atoms in total. The number of carboxylic acid groups (broad SMARTS) is 1. The molecule has 1 aliphatic heterocycles. The first-order valence-electron chi connectivity index (χ1n) is 6.00. The molecule has 2 N–H and O–H groups in total. The molecule has 98 valence electrons. The predicted molar refractivity (Wildman–Crippen MR) is 64.7 cm³/mol. The molecule has 1 saturated heterocycles. The highest BCUT2D eigenvalue weighted by Crippen LogP contribution is 2.18. The number of likely N-dealkylation sites (tertiary alicyclic amines) is 1. The van der Waals surface area contributed by atoms with Crippen molar-refractivity contribution in [3.05, 3.63) is 0 Å². The van der Waals surface area contributed by atoms with Crippen LogP contribution in [-0.2, 0) is 9.59 Å². The molecule has 0 bridgehead atoms. The Labute approximate surface area is 102 Å². The number of carbonyl (C=O) groups excluding carboxylic acids is 1. The van der Waals surface area contributed by atoms with Crippen LogP contribution in [-0.4, -0.2) is 47.6 Å². The molecule has 17 heavy (non-hydrogen) atoms. The molecule has 1 amide bonds. The summed E-state index contributed by atoms with van der Waals surface area (Å²) in [6.45, 7) is 5.46. The molecule has 0 aromatic carbocycles. The lowest BCUT2D eigenvalue weighted by Gasteiger charge is -2.25. The molecule has 0 aromatic heterocycles. The lowest BCUT2D eigenvalue weighted by Crippen LogP contribution is -2.45. The first kappa shape index (κ1) is 14.0. The van der Waals surface area contributed by atoms with E-state index < -0.39 is 11.5 Å². The summed E-state index contributed by atoms with van der Waals surface area (Å²) in [6, 6.07) is 0. The van der Waals surface area contributed by atoms with E-state index in [0.717, 1.165) is 19.5 Å². The Bertz CT molecular complexity index is 302. The topological polar surface area (TPSA) is 69.6 Å². The first-order chi connectivity index (χ1) is 7.78. The van der Waals surface area contributed by atoms with Gasteiger partial charge >= 0.3 is 5.97 Å². The average molecular weight is 242 g/mol.